The van der Waals surface area contributed by atoms with Gasteiger partial charge in [0.1, 0.15) is 11.9 Å². The summed E-state index contributed by atoms with van der Waals surface area (Å²) < 4.78 is 49.4. The molecule has 2 N–H and O–H groups in total. The molecule has 1 atom stereocenters. The van der Waals surface area contributed by atoms with Crippen LogP contribution in [0.2, 0.25) is 0 Å². The van der Waals surface area contributed by atoms with Crippen molar-refractivity contribution < 1.29 is 16.3 Å². The van der Waals surface area contributed by atoms with E-state index in [1.54, 1.807) is 0 Å². The van der Waals surface area contributed by atoms with Gasteiger partial charge < -0.3 is 14.8 Å². The Hall–Kier alpha value is -1.07. The van der Waals surface area contributed by atoms with Gasteiger partial charge in [0.2, 0.25) is 0 Å². The zero-order valence-electron chi connectivity index (χ0n) is 12.9. The predicted octanol–water partition coefficient (Wildman–Crippen LogP) is 0.973. The molecule has 1 aromatic heterocycles. The van der Waals surface area contributed by atoms with Gasteiger partial charge >= 0.3 is 0 Å². The Kier molecular flexibility index (Phi) is 1.32. The molecule has 0 spiro atoms. The van der Waals surface area contributed by atoms with E-state index in [9.17, 15) is 0 Å². The van der Waals surface area contributed by atoms with E-state index in [4.69, 9.17) is 16.3 Å². The molecule has 1 aliphatic rings. The van der Waals surface area contributed by atoms with Gasteiger partial charge in [0.05, 0.1) is 19.6 Å². The fourth-order valence-electron chi connectivity index (χ4n) is 0.957. The van der Waals surface area contributed by atoms with E-state index in [2.05, 4.69) is 15.5 Å². The van der Waals surface area contributed by atoms with Crippen LogP contribution in [0.3, 0.4) is 0 Å². The molecule has 14 heavy (non-hydrogen) atoms. The minimum atomic E-state index is -2.62. The number of H-pyrrole nitrogens is 1. The van der Waals surface area contributed by atoms with Crippen molar-refractivity contribution in [2.45, 2.75) is 25.7 Å². The third-order valence-corrected chi connectivity index (χ3v) is 1.55. The lowest BCUT2D eigenvalue weighted by Crippen LogP contribution is -2.26. The van der Waals surface area contributed by atoms with Gasteiger partial charge in [0, 0.05) is 6.50 Å². The summed E-state index contributed by atoms with van der Waals surface area (Å²) in [5.41, 5.74) is 0. The molecule has 1 aromatic rings. The highest BCUT2D eigenvalue weighted by Crippen LogP contribution is 2.22. The SMILES string of the molecule is [2H]C([2H])(Nc1ccn[nH]1)C1([2H])OC(C)(C)OC1([2H])[2H]. The quantitative estimate of drug-likeness (QED) is 0.767. The summed E-state index contributed by atoms with van der Waals surface area (Å²) in [6.07, 6.45) is -1.17. The Balaban J connectivity index is 2.32. The van der Waals surface area contributed by atoms with Gasteiger partial charge in [-0.3, -0.25) is 5.10 Å². The first-order valence-electron chi connectivity index (χ1n) is 6.67. The van der Waals surface area contributed by atoms with Crippen molar-refractivity contribution in [2.24, 2.45) is 0 Å². The zero-order chi connectivity index (χ0) is 14.5. The lowest BCUT2D eigenvalue weighted by atomic mass is 10.3. The summed E-state index contributed by atoms with van der Waals surface area (Å²) in [7, 11) is 0. The van der Waals surface area contributed by atoms with Crippen molar-refractivity contribution in [3.05, 3.63) is 12.3 Å². The van der Waals surface area contributed by atoms with Crippen LogP contribution in [-0.4, -0.2) is 35.1 Å². The number of rotatable bonds is 3. The maximum absolute atomic E-state index is 8.05. The van der Waals surface area contributed by atoms with Crippen molar-refractivity contribution in [1.82, 2.24) is 10.2 Å². The Labute approximate surface area is 89.8 Å². The molecule has 2 heterocycles. The van der Waals surface area contributed by atoms with Crippen molar-refractivity contribution in [3.8, 4) is 0 Å². The molecule has 1 fully saturated rings. The van der Waals surface area contributed by atoms with E-state index in [1.807, 2.05) is 0 Å². The highest BCUT2D eigenvalue weighted by Gasteiger charge is 2.32. The first-order valence-corrected chi connectivity index (χ1v) is 4.17. The predicted molar refractivity (Wildman–Crippen MR) is 52.0 cm³/mol. The minimum Gasteiger partial charge on any atom is -0.368 e. The maximum atomic E-state index is 8.05. The largest absolute Gasteiger partial charge is 0.368 e. The van der Waals surface area contributed by atoms with Gasteiger partial charge in [-0.1, -0.05) is 0 Å². The lowest BCUT2D eigenvalue weighted by molar-refractivity contribution is -0.136. The molecule has 0 bridgehead atoms. The fourth-order valence-corrected chi connectivity index (χ4v) is 0.957. The van der Waals surface area contributed by atoms with E-state index >= 15 is 0 Å². The Morgan fingerprint density at radius 2 is 2.86 bits per heavy atom. The van der Waals surface area contributed by atoms with E-state index in [1.165, 1.54) is 26.1 Å². The van der Waals surface area contributed by atoms with Crippen LogP contribution in [-0.2, 0) is 9.47 Å². The fraction of sp³-hybridized carbons (Fsp3) is 0.667. The zero-order valence-corrected chi connectivity index (χ0v) is 7.92. The van der Waals surface area contributed by atoms with Crippen LogP contribution in [0, 0.1) is 0 Å². The molecule has 0 radical (unpaired) electrons. The highest BCUT2D eigenvalue weighted by molar-refractivity contribution is 5.31. The van der Waals surface area contributed by atoms with Crippen molar-refractivity contribution in [1.29, 1.82) is 0 Å². The molecule has 0 aliphatic carbocycles. The van der Waals surface area contributed by atoms with Crippen LogP contribution < -0.4 is 5.32 Å². The van der Waals surface area contributed by atoms with Crippen LogP contribution >= 0.6 is 0 Å². The molecule has 1 saturated heterocycles. The standard InChI is InChI=1S/C9H15N3O2/c1-9(2)13-6-7(14-9)5-10-8-3-4-11-12-8/h3-4,7H,5-6H2,1-2H3,(H2,10,11,12)/i5D2,6D2,7D. The number of anilines is 1. The summed E-state index contributed by atoms with van der Waals surface area (Å²) in [6.45, 7) is -2.31. The number of aromatic nitrogens is 2. The summed E-state index contributed by atoms with van der Waals surface area (Å²) >= 11 is 0. The molecule has 2 rings (SSSR count). The normalized spacial score (nSPS) is 40.3. The van der Waals surface area contributed by atoms with Gasteiger partial charge in [-0.05, 0) is 19.9 Å². The lowest BCUT2D eigenvalue weighted by Gasteiger charge is -2.17. The third kappa shape index (κ3) is 2.24. The summed E-state index contributed by atoms with van der Waals surface area (Å²) in [5.74, 6) is -1.19. The topological polar surface area (TPSA) is 59.2 Å². The Morgan fingerprint density at radius 1 is 2.00 bits per heavy atom. The number of ether oxygens (including phenoxy) is 2. The van der Waals surface area contributed by atoms with E-state index < -0.39 is 24.9 Å². The van der Waals surface area contributed by atoms with Crippen LogP contribution in [0.5, 0.6) is 0 Å². The maximum Gasteiger partial charge on any atom is 0.163 e. The first kappa shape index (κ1) is 5.14. The minimum absolute atomic E-state index is 0.209. The van der Waals surface area contributed by atoms with Crippen LogP contribution in [0.4, 0.5) is 5.82 Å². The summed E-state index contributed by atoms with van der Waals surface area (Å²) in [4.78, 5) is 0. The molecular weight excluding hydrogens is 182 g/mol. The molecular formula is C9H15N3O2. The molecule has 5 nitrogen and oxygen atoms in total. The van der Waals surface area contributed by atoms with Crippen molar-refractivity contribution in [3.63, 3.8) is 0 Å². The van der Waals surface area contributed by atoms with Crippen molar-refractivity contribution in [2.75, 3.05) is 18.4 Å². The average Bonchev–Trinajstić information content (AvgIpc) is 2.71. The smallest absolute Gasteiger partial charge is 0.163 e. The molecule has 1 unspecified atom stereocenters. The van der Waals surface area contributed by atoms with Gasteiger partial charge in [-0.2, -0.15) is 5.10 Å². The molecule has 0 aromatic carbocycles. The van der Waals surface area contributed by atoms with E-state index in [0.29, 0.717) is 0 Å². The highest BCUT2D eigenvalue weighted by atomic mass is 16.7. The second-order valence-electron chi connectivity index (χ2n) is 3.26. The number of hydrogen-bond donors (Lipinski definition) is 2. The number of hydrogen-bond acceptors (Lipinski definition) is 4. The second kappa shape index (κ2) is 3.59. The van der Waals surface area contributed by atoms with E-state index in [0.717, 1.165) is 0 Å². The summed E-state index contributed by atoms with van der Waals surface area (Å²) in [6, 6.07) is 1.46. The van der Waals surface area contributed by atoms with Crippen LogP contribution in [0.25, 0.3) is 0 Å². The molecule has 5 heteroatoms. The number of nitrogens with zero attached hydrogens (tertiary/aromatic N) is 1. The van der Waals surface area contributed by atoms with Gasteiger partial charge in [0.25, 0.3) is 0 Å². The van der Waals surface area contributed by atoms with Gasteiger partial charge in [0.15, 0.2) is 5.79 Å². The number of nitrogens with one attached hydrogen (secondary N) is 2. The molecule has 0 saturated carbocycles. The average molecular weight is 202 g/mol. The van der Waals surface area contributed by atoms with Crippen LogP contribution in [0.15, 0.2) is 12.3 Å². The molecule has 0 amide bonds. The first-order chi connectivity index (χ1) is 8.49. The van der Waals surface area contributed by atoms with E-state index in [-0.39, 0.29) is 5.82 Å². The summed E-state index contributed by atoms with van der Waals surface area (Å²) in [5, 5.41) is 8.48. The monoisotopic (exact) mass is 202 g/mol. The van der Waals surface area contributed by atoms with Crippen molar-refractivity contribution >= 4 is 5.82 Å². The molecule has 78 valence electrons. The number of aromatic amines is 1. The van der Waals surface area contributed by atoms with Gasteiger partial charge in [-0.15, -0.1) is 0 Å². The Bertz CT molecular complexity index is 464. The Morgan fingerprint density at radius 3 is 3.43 bits per heavy atom. The van der Waals surface area contributed by atoms with Gasteiger partial charge in [-0.25, -0.2) is 0 Å². The van der Waals surface area contributed by atoms with Crippen LogP contribution in [0.1, 0.15) is 20.7 Å². The molecule has 1 aliphatic heterocycles. The third-order valence-electron chi connectivity index (χ3n) is 1.55. The second-order valence-corrected chi connectivity index (χ2v) is 3.26.